The molecule has 1 aromatic heterocycles. The monoisotopic (exact) mass is 318 g/mol. The molecule has 0 N–H and O–H groups in total. The molecule has 0 bridgehead atoms. The molecule has 0 aliphatic heterocycles. The summed E-state index contributed by atoms with van der Waals surface area (Å²) in [5.41, 5.74) is -0.102. The van der Waals surface area contributed by atoms with E-state index in [0.29, 0.717) is 5.06 Å². The van der Waals surface area contributed by atoms with Crippen molar-refractivity contribution in [2.75, 3.05) is 0 Å². The van der Waals surface area contributed by atoms with Gasteiger partial charge in [-0.3, -0.25) is 0 Å². The molecule has 1 unspecified atom stereocenters. The Morgan fingerprint density at radius 1 is 1.50 bits per heavy atom. The SMILES string of the molecule is C=C(C(=O)Oc1cccs1)C(Cl)C(Cl)(Cl)Cl. The van der Waals surface area contributed by atoms with Crippen molar-refractivity contribution in [3.05, 3.63) is 29.7 Å². The van der Waals surface area contributed by atoms with E-state index in [2.05, 4.69) is 6.58 Å². The van der Waals surface area contributed by atoms with E-state index in [-0.39, 0.29) is 5.57 Å². The summed E-state index contributed by atoms with van der Waals surface area (Å²) in [6, 6.07) is 3.37. The largest absolute Gasteiger partial charge is 0.412 e. The summed E-state index contributed by atoms with van der Waals surface area (Å²) >= 11 is 23.6. The number of carbonyl (C=O) groups excluding carboxylic acids is 1. The number of hydrogen-bond donors (Lipinski definition) is 0. The fourth-order valence-corrected chi connectivity index (χ4v) is 1.84. The first-order valence-corrected chi connectivity index (χ1v) is 6.42. The van der Waals surface area contributed by atoms with Gasteiger partial charge < -0.3 is 4.74 Å². The van der Waals surface area contributed by atoms with E-state index in [0.717, 1.165) is 0 Å². The molecule has 7 heteroatoms. The Labute approximate surface area is 117 Å². The fourth-order valence-electron chi connectivity index (χ4n) is 0.779. The number of halogens is 4. The molecule has 0 aliphatic rings. The van der Waals surface area contributed by atoms with Gasteiger partial charge in [-0.25, -0.2) is 4.79 Å². The zero-order valence-electron chi connectivity index (χ0n) is 7.75. The Morgan fingerprint density at radius 3 is 2.56 bits per heavy atom. The first kappa shape index (κ1) is 14.1. The van der Waals surface area contributed by atoms with Crippen LogP contribution in [0.25, 0.3) is 0 Å². The number of hydrogen-bond acceptors (Lipinski definition) is 3. The van der Waals surface area contributed by atoms with E-state index in [1.807, 2.05) is 0 Å². The number of alkyl halides is 4. The maximum absolute atomic E-state index is 11.5. The summed E-state index contributed by atoms with van der Waals surface area (Å²) in [6.45, 7) is 3.45. The molecule has 0 saturated heterocycles. The van der Waals surface area contributed by atoms with E-state index >= 15 is 0 Å². The molecule has 1 aromatic rings. The van der Waals surface area contributed by atoms with Crippen molar-refractivity contribution in [3.63, 3.8) is 0 Å². The minimum absolute atomic E-state index is 0.102. The molecule has 1 rings (SSSR count). The highest BCUT2D eigenvalue weighted by Crippen LogP contribution is 2.37. The molecule has 0 saturated carbocycles. The van der Waals surface area contributed by atoms with Crippen LogP contribution in [0.3, 0.4) is 0 Å². The first-order chi connectivity index (χ1) is 7.32. The van der Waals surface area contributed by atoms with Crippen LogP contribution in [0.4, 0.5) is 0 Å². The Morgan fingerprint density at radius 2 is 2.12 bits per heavy atom. The molecular weight excluding hydrogens is 314 g/mol. The lowest BCUT2D eigenvalue weighted by molar-refractivity contribution is -0.130. The van der Waals surface area contributed by atoms with Gasteiger partial charge in [0, 0.05) is 0 Å². The molecule has 0 spiro atoms. The molecule has 88 valence electrons. The minimum Gasteiger partial charge on any atom is -0.412 e. The maximum atomic E-state index is 11.5. The molecule has 16 heavy (non-hydrogen) atoms. The van der Waals surface area contributed by atoms with Gasteiger partial charge >= 0.3 is 5.97 Å². The summed E-state index contributed by atoms with van der Waals surface area (Å²) < 4.78 is 3.15. The van der Waals surface area contributed by atoms with Crippen LogP contribution in [0.2, 0.25) is 0 Å². The normalized spacial score (nSPS) is 13.2. The molecule has 0 radical (unpaired) electrons. The van der Waals surface area contributed by atoms with E-state index in [9.17, 15) is 4.79 Å². The van der Waals surface area contributed by atoms with Gasteiger partial charge in [-0.2, -0.15) is 0 Å². The van der Waals surface area contributed by atoms with Gasteiger partial charge in [0.15, 0.2) is 5.06 Å². The van der Waals surface area contributed by atoms with Gasteiger partial charge in [0.2, 0.25) is 3.79 Å². The Balaban J connectivity index is 2.65. The zero-order chi connectivity index (χ0) is 12.3. The van der Waals surface area contributed by atoms with Crippen molar-refractivity contribution < 1.29 is 9.53 Å². The average molecular weight is 320 g/mol. The van der Waals surface area contributed by atoms with Crippen molar-refractivity contribution in [1.82, 2.24) is 0 Å². The molecule has 1 atom stereocenters. The predicted octanol–water partition coefficient (Wildman–Crippen LogP) is 4.19. The van der Waals surface area contributed by atoms with Crippen molar-refractivity contribution in [2.45, 2.75) is 9.17 Å². The van der Waals surface area contributed by atoms with E-state index in [4.69, 9.17) is 51.1 Å². The number of carbonyl (C=O) groups is 1. The Kier molecular flexibility index (Phi) is 4.95. The van der Waals surface area contributed by atoms with E-state index < -0.39 is 15.1 Å². The summed E-state index contributed by atoms with van der Waals surface area (Å²) in [4.78, 5) is 11.5. The second kappa shape index (κ2) is 5.61. The molecule has 0 fully saturated rings. The van der Waals surface area contributed by atoms with Gasteiger partial charge in [-0.05, 0) is 17.5 Å². The lowest BCUT2D eigenvalue weighted by Crippen LogP contribution is -2.27. The average Bonchev–Trinajstić information content (AvgIpc) is 2.66. The topological polar surface area (TPSA) is 26.3 Å². The number of rotatable bonds is 3. The third kappa shape index (κ3) is 3.82. The smallest absolute Gasteiger partial charge is 0.341 e. The van der Waals surface area contributed by atoms with Crippen LogP contribution < -0.4 is 4.74 Å². The van der Waals surface area contributed by atoms with Crippen molar-refractivity contribution in [1.29, 1.82) is 0 Å². The predicted molar refractivity (Wildman–Crippen MR) is 69.0 cm³/mol. The standard InChI is InChI=1S/C9H6Cl4O2S/c1-5(7(10)9(11,12)13)8(14)15-6-3-2-4-16-6/h2-4,7H,1H2. The van der Waals surface area contributed by atoms with Gasteiger partial charge in [-0.1, -0.05) is 41.4 Å². The van der Waals surface area contributed by atoms with Crippen molar-refractivity contribution >= 4 is 63.7 Å². The Bertz CT molecular complexity index is 383. The second-order valence-electron chi connectivity index (χ2n) is 2.75. The third-order valence-electron chi connectivity index (χ3n) is 1.54. The van der Waals surface area contributed by atoms with E-state index in [1.54, 1.807) is 17.5 Å². The molecule has 0 aliphatic carbocycles. The molecule has 0 amide bonds. The van der Waals surface area contributed by atoms with Crippen molar-refractivity contribution in [3.8, 4) is 5.06 Å². The van der Waals surface area contributed by atoms with Gasteiger partial charge in [0.1, 0.15) is 5.38 Å². The van der Waals surface area contributed by atoms with Gasteiger partial charge in [-0.15, -0.1) is 22.9 Å². The fraction of sp³-hybridized carbons (Fsp3) is 0.222. The van der Waals surface area contributed by atoms with Crippen LogP contribution in [-0.2, 0) is 4.79 Å². The number of esters is 1. The summed E-state index contributed by atoms with van der Waals surface area (Å²) in [5, 5.41) is 1.06. The van der Waals surface area contributed by atoms with Gasteiger partial charge in [0.25, 0.3) is 0 Å². The molecule has 1 heterocycles. The lowest BCUT2D eigenvalue weighted by atomic mass is 10.2. The quantitative estimate of drug-likeness (QED) is 0.474. The third-order valence-corrected chi connectivity index (χ3v) is 3.87. The maximum Gasteiger partial charge on any atom is 0.341 e. The van der Waals surface area contributed by atoms with Crippen LogP contribution in [-0.4, -0.2) is 15.1 Å². The molecular formula is C9H6Cl4O2S. The number of ether oxygens (including phenoxy) is 1. The second-order valence-corrected chi connectivity index (χ2v) is 6.47. The van der Waals surface area contributed by atoms with Gasteiger partial charge in [0.05, 0.1) is 5.57 Å². The highest BCUT2D eigenvalue weighted by atomic mass is 35.6. The van der Waals surface area contributed by atoms with Crippen LogP contribution in [0.5, 0.6) is 5.06 Å². The Hall–Kier alpha value is 0.0700. The first-order valence-electron chi connectivity index (χ1n) is 3.97. The minimum atomic E-state index is -1.80. The molecule has 0 aromatic carbocycles. The molecule has 2 nitrogen and oxygen atoms in total. The van der Waals surface area contributed by atoms with Crippen LogP contribution in [0.15, 0.2) is 29.7 Å². The zero-order valence-corrected chi connectivity index (χ0v) is 11.6. The summed E-state index contributed by atoms with van der Waals surface area (Å²) in [7, 11) is 0. The van der Waals surface area contributed by atoms with Crippen LogP contribution in [0, 0.1) is 0 Å². The number of thiophene rings is 1. The lowest BCUT2D eigenvalue weighted by Gasteiger charge is -2.18. The van der Waals surface area contributed by atoms with E-state index in [1.165, 1.54) is 11.3 Å². The highest BCUT2D eigenvalue weighted by molar-refractivity contribution is 7.11. The van der Waals surface area contributed by atoms with Crippen molar-refractivity contribution in [2.24, 2.45) is 0 Å². The van der Waals surface area contributed by atoms with Crippen LogP contribution in [0.1, 0.15) is 0 Å². The summed E-state index contributed by atoms with van der Waals surface area (Å²) in [6.07, 6.45) is 0. The highest BCUT2D eigenvalue weighted by Gasteiger charge is 2.36. The summed E-state index contributed by atoms with van der Waals surface area (Å²) in [5.74, 6) is -0.714. The van der Waals surface area contributed by atoms with Crippen LogP contribution >= 0.6 is 57.7 Å².